The molecule has 2 nitrogen and oxygen atoms in total. The average Bonchev–Trinajstić information content (AvgIpc) is 2.49. The Balaban J connectivity index is 2.25. The molecule has 0 unspecified atom stereocenters. The zero-order chi connectivity index (χ0) is 13.7. The summed E-state index contributed by atoms with van der Waals surface area (Å²) in [4.78, 5) is 14.2. The smallest absolute Gasteiger partial charge is 0.258 e. The molecular weight excluding hydrogens is 258 g/mol. The number of rotatable bonds is 4. The molecule has 0 saturated carbocycles. The van der Waals surface area contributed by atoms with Crippen molar-refractivity contribution >= 4 is 23.2 Å². The molecule has 0 spiro atoms. The van der Waals surface area contributed by atoms with E-state index < -0.39 is 0 Å². The Morgan fingerprint density at radius 1 is 1.05 bits per heavy atom. The highest BCUT2D eigenvalue weighted by molar-refractivity contribution is 6.17. The van der Waals surface area contributed by atoms with Crippen LogP contribution in [0.4, 0.5) is 5.69 Å². The van der Waals surface area contributed by atoms with Crippen molar-refractivity contribution in [3.05, 3.63) is 65.7 Å². The zero-order valence-electron chi connectivity index (χ0n) is 10.8. The molecule has 0 N–H and O–H groups in total. The van der Waals surface area contributed by atoms with Crippen molar-refractivity contribution in [3.8, 4) is 0 Å². The molecule has 0 radical (unpaired) electrons. The molecule has 0 saturated heterocycles. The molecule has 0 atom stereocenters. The van der Waals surface area contributed by atoms with Crippen molar-refractivity contribution in [2.45, 2.75) is 12.8 Å². The Bertz CT molecular complexity index is 536. The quantitative estimate of drug-likeness (QED) is 0.768. The summed E-state index contributed by atoms with van der Waals surface area (Å²) in [5, 5.41) is 0. The summed E-state index contributed by atoms with van der Waals surface area (Å²) in [6.07, 6.45) is 0. The second-order valence-electron chi connectivity index (χ2n) is 4.22. The number of alkyl halides is 1. The normalized spacial score (nSPS) is 10.2. The molecule has 1 amide bonds. The Morgan fingerprint density at radius 2 is 1.68 bits per heavy atom. The minimum atomic E-state index is 0.00909. The molecule has 0 heterocycles. The maximum atomic E-state index is 12.5. The standard InChI is InChI=1S/C16H16ClNO/c1-2-18(15-6-4-3-5-7-15)16(19)14-10-8-13(12-17)9-11-14/h3-11H,2,12H2,1H3. The van der Waals surface area contributed by atoms with Gasteiger partial charge in [-0.1, -0.05) is 30.3 Å². The molecule has 0 aliphatic carbocycles. The summed E-state index contributed by atoms with van der Waals surface area (Å²) >= 11 is 5.75. The van der Waals surface area contributed by atoms with Gasteiger partial charge in [0.2, 0.25) is 0 Å². The van der Waals surface area contributed by atoms with Crippen molar-refractivity contribution < 1.29 is 4.79 Å². The summed E-state index contributed by atoms with van der Waals surface area (Å²) in [6.45, 7) is 2.61. The lowest BCUT2D eigenvalue weighted by molar-refractivity contribution is 0.0988. The molecule has 2 rings (SSSR count). The summed E-state index contributed by atoms with van der Waals surface area (Å²) < 4.78 is 0. The number of halogens is 1. The van der Waals surface area contributed by atoms with E-state index in [9.17, 15) is 4.79 Å². The van der Waals surface area contributed by atoms with Gasteiger partial charge in [0.1, 0.15) is 0 Å². The van der Waals surface area contributed by atoms with Gasteiger partial charge in [0, 0.05) is 23.7 Å². The Kier molecular flexibility index (Phi) is 4.58. The molecule has 0 bridgehead atoms. The fraction of sp³-hybridized carbons (Fsp3) is 0.188. The van der Waals surface area contributed by atoms with Crippen LogP contribution >= 0.6 is 11.6 Å². The van der Waals surface area contributed by atoms with E-state index >= 15 is 0 Å². The highest BCUT2D eigenvalue weighted by Crippen LogP contribution is 2.17. The van der Waals surface area contributed by atoms with Crippen LogP contribution in [-0.2, 0) is 5.88 Å². The molecule has 0 fully saturated rings. The van der Waals surface area contributed by atoms with Crippen molar-refractivity contribution in [2.24, 2.45) is 0 Å². The van der Waals surface area contributed by atoms with Crippen LogP contribution in [0.2, 0.25) is 0 Å². The molecular formula is C16H16ClNO. The molecule has 0 aliphatic heterocycles. The van der Waals surface area contributed by atoms with E-state index in [1.54, 1.807) is 4.90 Å². The lowest BCUT2D eigenvalue weighted by Gasteiger charge is -2.21. The number of amides is 1. The molecule has 0 aromatic heterocycles. The van der Waals surface area contributed by atoms with Crippen LogP contribution in [0.1, 0.15) is 22.8 Å². The van der Waals surface area contributed by atoms with Gasteiger partial charge in [-0.05, 0) is 36.8 Å². The SMILES string of the molecule is CCN(C(=O)c1ccc(CCl)cc1)c1ccccc1. The largest absolute Gasteiger partial charge is 0.309 e. The van der Waals surface area contributed by atoms with E-state index in [0.717, 1.165) is 11.3 Å². The van der Waals surface area contributed by atoms with Gasteiger partial charge in [0.15, 0.2) is 0 Å². The Morgan fingerprint density at radius 3 is 2.21 bits per heavy atom. The van der Waals surface area contributed by atoms with Crippen LogP contribution in [0.15, 0.2) is 54.6 Å². The van der Waals surface area contributed by atoms with Crippen LogP contribution in [0.25, 0.3) is 0 Å². The van der Waals surface area contributed by atoms with E-state index in [2.05, 4.69) is 0 Å². The van der Waals surface area contributed by atoms with Crippen molar-refractivity contribution in [3.63, 3.8) is 0 Å². The van der Waals surface area contributed by atoms with Gasteiger partial charge in [0.25, 0.3) is 5.91 Å². The Hall–Kier alpha value is -1.80. The van der Waals surface area contributed by atoms with Crippen LogP contribution in [0, 0.1) is 0 Å². The molecule has 0 aliphatic rings. The minimum Gasteiger partial charge on any atom is -0.309 e. The number of carbonyl (C=O) groups excluding carboxylic acids is 1. The molecule has 2 aromatic rings. The van der Waals surface area contributed by atoms with Crippen molar-refractivity contribution in [1.29, 1.82) is 0 Å². The molecule has 19 heavy (non-hydrogen) atoms. The van der Waals surface area contributed by atoms with E-state index in [-0.39, 0.29) is 5.91 Å². The Labute approximate surface area is 118 Å². The second kappa shape index (κ2) is 6.39. The first-order chi connectivity index (χ1) is 9.26. The first kappa shape index (κ1) is 13.6. The summed E-state index contributed by atoms with van der Waals surface area (Å²) in [5.74, 6) is 0.472. The maximum Gasteiger partial charge on any atom is 0.258 e. The first-order valence-corrected chi connectivity index (χ1v) is 6.81. The van der Waals surface area contributed by atoms with Crippen LogP contribution in [0.5, 0.6) is 0 Å². The number of hydrogen-bond acceptors (Lipinski definition) is 1. The van der Waals surface area contributed by atoms with Gasteiger partial charge in [-0.3, -0.25) is 4.79 Å². The van der Waals surface area contributed by atoms with Crippen LogP contribution in [0.3, 0.4) is 0 Å². The number of carbonyl (C=O) groups is 1. The van der Waals surface area contributed by atoms with Gasteiger partial charge in [-0.2, -0.15) is 0 Å². The predicted molar refractivity (Wildman–Crippen MR) is 79.8 cm³/mol. The van der Waals surface area contributed by atoms with Gasteiger partial charge < -0.3 is 4.90 Å². The number of para-hydroxylation sites is 1. The minimum absolute atomic E-state index is 0.00909. The highest BCUT2D eigenvalue weighted by atomic mass is 35.5. The number of nitrogens with zero attached hydrogens (tertiary/aromatic N) is 1. The molecule has 2 aromatic carbocycles. The fourth-order valence-electron chi connectivity index (χ4n) is 1.94. The zero-order valence-corrected chi connectivity index (χ0v) is 11.6. The van der Waals surface area contributed by atoms with Crippen molar-refractivity contribution in [2.75, 3.05) is 11.4 Å². The molecule has 98 valence electrons. The van der Waals surface area contributed by atoms with Gasteiger partial charge in [-0.15, -0.1) is 11.6 Å². The number of hydrogen-bond donors (Lipinski definition) is 0. The summed E-state index contributed by atoms with van der Waals surface area (Å²) in [5.41, 5.74) is 2.61. The second-order valence-corrected chi connectivity index (χ2v) is 4.48. The van der Waals surface area contributed by atoms with Gasteiger partial charge in [-0.25, -0.2) is 0 Å². The van der Waals surface area contributed by atoms with Crippen LogP contribution in [-0.4, -0.2) is 12.5 Å². The van der Waals surface area contributed by atoms with Gasteiger partial charge >= 0.3 is 0 Å². The van der Waals surface area contributed by atoms with E-state index in [1.807, 2.05) is 61.5 Å². The summed E-state index contributed by atoms with van der Waals surface area (Å²) in [6, 6.07) is 17.1. The molecule has 3 heteroatoms. The number of benzene rings is 2. The fourth-order valence-corrected chi connectivity index (χ4v) is 2.12. The highest BCUT2D eigenvalue weighted by Gasteiger charge is 2.15. The van der Waals surface area contributed by atoms with E-state index in [4.69, 9.17) is 11.6 Å². The lowest BCUT2D eigenvalue weighted by atomic mass is 10.1. The monoisotopic (exact) mass is 273 g/mol. The van der Waals surface area contributed by atoms with Crippen molar-refractivity contribution in [1.82, 2.24) is 0 Å². The van der Waals surface area contributed by atoms with E-state index in [0.29, 0.717) is 18.0 Å². The van der Waals surface area contributed by atoms with E-state index in [1.165, 1.54) is 0 Å². The van der Waals surface area contributed by atoms with Crippen LogP contribution < -0.4 is 4.90 Å². The first-order valence-electron chi connectivity index (χ1n) is 6.28. The third-order valence-electron chi connectivity index (χ3n) is 2.98. The summed E-state index contributed by atoms with van der Waals surface area (Å²) in [7, 11) is 0. The lowest BCUT2D eigenvalue weighted by Crippen LogP contribution is -2.30. The predicted octanol–water partition coefficient (Wildman–Crippen LogP) is 4.09. The topological polar surface area (TPSA) is 20.3 Å². The third-order valence-corrected chi connectivity index (χ3v) is 3.29. The number of anilines is 1. The maximum absolute atomic E-state index is 12.5. The third kappa shape index (κ3) is 3.15. The average molecular weight is 274 g/mol. The van der Waals surface area contributed by atoms with Gasteiger partial charge in [0.05, 0.1) is 0 Å².